The van der Waals surface area contributed by atoms with E-state index in [1.165, 1.54) is 0 Å². The van der Waals surface area contributed by atoms with Crippen LogP contribution in [0.1, 0.15) is 18.9 Å². The number of ether oxygens (including phenoxy) is 2. The fourth-order valence-corrected chi connectivity index (χ4v) is 3.74. The second-order valence-electron chi connectivity index (χ2n) is 6.87. The summed E-state index contributed by atoms with van der Waals surface area (Å²) in [7, 11) is 0. The number of esters is 1. The molecule has 1 amide bonds. The van der Waals surface area contributed by atoms with Gasteiger partial charge in [0.05, 0.1) is 23.9 Å². The number of carbonyl (C=O) groups is 2. The Kier molecular flexibility index (Phi) is 5.46. The number of nitrogens with zero attached hydrogens (tertiary/aromatic N) is 2. The van der Waals surface area contributed by atoms with Gasteiger partial charge in [0.15, 0.2) is 0 Å². The Balaban J connectivity index is 1.71. The maximum absolute atomic E-state index is 12.2. The number of hydrogen-bond donors (Lipinski definition) is 1. The summed E-state index contributed by atoms with van der Waals surface area (Å²) >= 11 is 6.53. The molecule has 0 saturated carbocycles. The van der Waals surface area contributed by atoms with E-state index in [1.54, 1.807) is 24.0 Å². The van der Waals surface area contributed by atoms with E-state index in [0.29, 0.717) is 41.0 Å². The van der Waals surface area contributed by atoms with Crippen LogP contribution in [0.5, 0.6) is 0 Å². The van der Waals surface area contributed by atoms with Crippen LogP contribution in [0.2, 0.25) is 5.02 Å². The van der Waals surface area contributed by atoms with Crippen LogP contribution in [0.25, 0.3) is 17.2 Å². The first kappa shape index (κ1) is 20.0. The maximum Gasteiger partial charge on any atom is 0.414 e. The predicted molar refractivity (Wildman–Crippen MR) is 116 cm³/mol. The molecule has 4 rings (SSSR count). The van der Waals surface area contributed by atoms with Crippen molar-refractivity contribution in [3.8, 4) is 11.1 Å². The molecule has 2 aromatic rings. The summed E-state index contributed by atoms with van der Waals surface area (Å²) in [5.74, 6) is -0.0607. The number of carbonyl (C=O) groups excluding carboxylic acids is 2. The van der Waals surface area contributed by atoms with Crippen molar-refractivity contribution in [1.82, 2.24) is 0 Å². The van der Waals surface area contributed by atoms with Crippen molar-refractivity contribution in [1.29, 1.82) is 0 Å². The lowest BCUT2D eigenvalue weighted by atomic mass is 10.00. The molecule has 154 valence electrons. The van der Waals surface area contributed by atoms with E-state index in [9.17, 15) is 9.59 Å². The molecule has 2 N–H and O–H groups in total. The van der Waals surface area contributed by atoms with Gasteiger partial charge in [-0.3, -0.25) is 4.90 Å². The number of cyclic esters (lactones) is 1. The fraction of sp³-hybridized carbons (Fsp3) is 0.227. The third-order valence-electron chi connectivity index (χ3n) is 4.87. The van der Waals surface area contributed by atoms with Crippen molar-refractivity contribution in [3.05, 3.63) is 52.6 Å². The average Bonchev–Trinajstić information content (AvgIpc) is 3.06. The van der Waals surface area contributed by atoms with Gasteiger partial charge in [0.1, 0.15) is 12.4 Å². The summed E-state index contributed by atoms with van der Waals surface area (Å²) in [5.41, 5.74) is 10.2. The zero-order valence-electron chi connectivity index (χ0n) is 16.4. The van der Waals surface area contributed by atoms with E-state index >= 15 is 0 Å². The monoisotopic (exact) mass is 425 g/mol. The van der Waals surface area contributed by atoms with Crippen molar-refractivity contribution < 1.29 is 19.1 Å². The molecule has 2 aliphatic heterocycles. The van der Waals surface area contributed by atoms with E-state index in [4.69, 9.17) is 26.8 Å². The molecule has 2 aromatic carbocycles. The van der Waals surface area contributed by atoms with Crippen molar-refractivity contribution in [2.45, 2.75) is 13.3 Å². The number of amidine groups is 1. The molecule has 0 radical (unpaired) electrons. The standard InChI is InChI=1S/C22H20ClN3O4/c1-2-29-21(27)15-10-14-9-13(3-6-19(14)25-20(24)11-15)17-5-4-16(12-18(17)23)26-7-8-30-22(26)28/h3-6,9-10,12H,2,7-8,11H2,1H3,(H2,24,25). The topological polar surface area (TPSA) is 94.2 Å². The Morgan fingerprint density at radius 1 is 1.30 bits per heavy atom. The summed E-state index contributed by atoms with van der Waals surface area (Å²) in [6.07, 6.45) is 1.60. The normalized spacial score (nSPS) is 15.7. The highest BCUT2D eigenvalue weighted by Crippen LogP contribution is 2.36. The van der Waals surface area contributed by atoms with E-state index in [2.05, 4.69) is 4.99 Å². The molecule has 1 saturated heterocycles. The minimum atomic E-state index is -0.409. The van der Waals surface area contributed by atoms with Crippen LogP contribution >= 0.6 is 11.6 Å². The number of hydrogen-bond acceptors (Lipinski definition) is 6. The Labute approximate surface area is 178 Å². The van der Waals surface area contributed by atoms with Crippen molar-refractivity contribution in [3.63, 3.8) is 0 Å². The molecule has 8 heteroatoms. The van der Waals surface area contributed by atoms with Gasteiger partial charge < -0.3 is 15.2 Å². The minimum Gasteiger partial charge on any atom is -0.463 e. The molecule has 0 aliphatic carbocycles. The SMILES string of the molecule is CCOC(=O)C1=Cc2cc(-c3ccc(N4CCOC4=O)cc3Cl)ccc2N=C(N)C1. The number of nitrogens with two attached hydrogens (primary N) is 1. The molecule has 1 fully saturated rings. The maximum atomic E-state index is 12.2. The highest BCUT2D eigenvalue weighted by Gasteiger charge is 2.24. The van der Waals surface area contributed by atoms with Crippen LogP contribution in [0, 0.1) is 0 Å². The smallest absolute Gasteiger partial charge is 0.414 e. The van der Waals surface area contributed by atoms with Crippen molar-refractivity contribution >= 4 is 46.9 Å². The van der Waals surface area contributed by atoms with Gasteiger partial charge in [-0.25, -0.2) is 14.6 Å². The molecule has 0 unspecified atom stereocenters. The van der Waals surface area contributed by atoms with Crippen LogP contribution in [-0.4, -0.2) is 37.7 Å². The van der Waals surface area contributed by atoms with E-state index in [1.807, 2.05) is 30.3 Å². The summed E-state index contributed by atoms with van der Waals surface area (Å²) < 4.78 is 10.1. The molecule has 2 aliphatic rings. The largest absolute Gasteiger partial charge is 0.463 e. The Hall–Kier alpha value is -3.32. The summed E-state index contributed by atoms with van der Waals surface area (Å²) in [5, 5.41) is 0.499. The van der Waals surface area contributed by atoms with Gasteiger partial charge in [-0.15, -0.1) is 0 Å². The first-order valence-electron chi connectivity index (χ1n) is 9.55. The van der Waals surface area contributed by atoms with Crippen LogP contribution < -0.4 is 10.6 Å². The van der Waals surface area contributed by atoms with Gasteiger partial charge in [0, 0.05) is 28.8 Å². The lowest BCUT2D eigenvalue weighted by Gasteiger charge is -2.15. The molecule has 0 bridgehead atoms. The van der Waals surface area contributed by atoms with Crippen LogP contribution in [-0.2, 0) is 14.3 Å². The lowest BCUT2D eigenvalue weighted by Crippen LogP contribution is -2.23. The second-order valence-corrected chi connectivity index (χ2v) is 7.28. The quantitative estimate of drug-likeness (QED) is 0.737. The highest BCUT2D eigenvalue weighted by molar-refractivity contribution is 6.33. The number of anilines is 1. The summed E-state index contributed by atoms with van der Waals surface area (Å²) in [6, 6.07) is 11.1. The van der Waals surface area contributed by atoms with Gasteiger partial charge in [0.2, 0.25) is 0 Å². The number of fused-ring (bicyclic) bond motifs is 1. The summed E-state index contributed by atoms with van der Waals surface area (Å²) in [6.45, 7) is 2.90. The van der Waals surface area contributed by atoms with E-state index < -0.39 is 5.97 Å². The Bertz CT molecular complexity index is 1090. The zero-order valence-corrected chi connectivity index (χ0v) is 17.1. The first-order valence-corrected chi connectivity index (χ1v) is 9.93. The molecule has 30 heavy (non-hydrogen) atoms. The van der Waals surface area contributed by atoms with Crippen molar-refractivity contribution in [2.24, 2.45) is 10.7 Å². The van der Waals surface area contributed by atoms with Gasteiger partial charge in [-0.05, 0) is 42.8 Å². The minimum absolute atomic E-state index is 0.226. The molecule has 7 nitrogen and oxygen atoms in total. The molecule has 0 spiro atoms. The Morgan fingerprint density at radius 3 is 2.83 bits per heavy atom. The average molecular weight is 426 g/mol. The third kappa shape index (κ3) is 3.89. The molecule has 0 aromatic heterocycles. The van der Waals surface area contributed by atoms with Gasteiger partial charge in [0.25, 0.3) is 0 Å². The number of amides is 1. The predicted octanol–water partition coefficient (Wildman–Crippen LogP) is 4.30. The Morgan fingerprint density at radius 2 is 2.13 bits per heavy atom. The first-order chi connectivity index (χ1) is 14.5. The number of rotatable bonds is 4. The van der Waals surface area contributed by atoms with E-state index in [0.717, 1.165) is 16.7 Å². The number of aliphatic imine (C=N–C) groups is 1. The summed E-state index contributed by atoms with van der Waals surface area (Å²) in [4.78, 5) is 30.0. The van der Waals surface area contributed by atoms with Crippen LogP contribution in [0.4, 0.5) is 16.2 Å². The van der Waals surface area contributed by atoms with Crippen molar-refractivity contribution in [2.75, 3.05) is 24.7 Å². The molecular formula is C22H20ClN3O4. The number of halogens is 1. The number of benzene rings is 2. The highest BCUT2D eigenvalue weighted by atomic mass is 35.5. The third-order valence-corrected chi connectivity index (χ3v) is 5.18. The van der Waals surface area contributed by atoms with Crippen LogP contribution in [0.15, 0.2) is 47.0 Å². The van der Waals surface area contributed by atoms with Gasteiger partial charge >= 0.3 is 12.1 Å². The van der Waals surface area contributed by atoms with Gasteiger partial charge in [-0.1, -0.05) is 23.7 Å². The zero-order chi connectivity index (χ0) is 21.3. The molecule has 0 atom stereocenters. The molecular weight excluding hydrogens is 406 g/mol. The fourth-order valence-electron chi connectivity index (χ4n) is 3.46. The van der Waals surface area contributed by atoms with E-state index in [-0.39, 0.29) is 19.1 Å². The van der Waals surface area contributed by atoms with Gasteiger partial charge in [-0.2, -0.15) is 0 Å². The molecule has 2 heterocycles. The second kappa shape index (κ2) is 8.20. The van der Waals surface area contributed by atoms with Crippen LogP contribution in [0.3, 0.4) is 0 Å². The lowest BCUT2D eigenvalue weighted by molar-refractivity contribution is -0.138.